The molecule has 112 valence electrons. The lowest BCUT2D eigenvalue weighted by Crippen LogP contribution is -2.12. The Kier molecular flexibility index (Phi) is 5.03. The molecule has 0 aliphatic carbocycles. The van der Waals surface area contributed by atoms with Crippen LogP contribution in [0, 0.1) is 6.92 Å². The Hall–Kier alpha value is -2.24. The molecule has 0 atom stereocenters. The van der Waals surface area contributed by atoms with Gasteiger partial charge in [-0.05, 0) is 26.0 Å². The largest absolute Gasteiger partial charge is 0.370 e. The van der Waals surface area contributed by atoms with E-state index in [1.54, 1.807) is 6.20 Å². The van der Waals surface area contributed by atoms with Crippen LogP contribution < -0.4 is 10.6 Å². The number of aromatic nitrogens is 4. The highest BCUT2D eigenvalue weighted by Gasteiger charge is 2.12. The van der Waals surface area contributed by atoms with E-state index in [4.69, 9.17) is 0 Å². The van der Waals surface area contributed by atoms with Gasteiger partial charge in [0, 0.05) is 24.2 Å². The highest BCUT2D eigenvalue weighted by molar-refractivity contribution is 5.57. The van der Waals surface area contributed by atoms with Crippen molar-refractivity contribution < 1.29 is 0 Å². The highest BCUT2D eigenvalue weighted by atomic mass is 15.1. The minimum atomic E-state index is 0.278. The third-order valence-corrected chi connectivity index (χ3v) is 3.09. The van der Waals surface area contributed by atoms with E-state index in [9.17, 15) is 0 Å². The summed E-state index contributed by atoms with van der Waals surface area (Å²) in [4.78, 5) is 9.21. The molecule has 2 N–H and O–H groups in total. The standard InChI is InChI=1S/C15H22N6/c1-5-16-14-11(4)15(20-13(19-14)10(2)3)17-9-12-7-6-8-18-21-12/h6-8,10H,5,9H2,1-4H3,(H2,16,17,19,20). The van der Waals surface area contributed by atoms with Gasteiger partial charge >= 0.3 is 0 Å². The van der Waals surface area contributed by atoms with Crippen molar-refractivity contribution >= 4 is 11.6 Å². The van der Waals surface area contributed by atoms with Crippen LogP contribution in [0.4, 0.5) is 11.6 Å². The van der Waals surface area contributed by atoms with Crippen LogP contribution in [0.25, 0.3) is 0 Å². The molecule has 6 nitrogen and oxygen atoms in total. The summed E-state index contributed by atoms with van der Waals surface area (Å²) in [5.74, 6) is 2.84. The van der Waals surface area contributed by atoms with Gasteiger partial charge in [0.1, 0.15) is 17.5 Å². The zero-order valence-corrected chi connectivity index (χ0v) is 13.0. The minimum absolute atomic E-state index is 0.278. The Morgan fingerprint density at radius 1 is 1.14 bits per heavy atom. The molecule has 0 saturated heterocycles. The number of nitrogens with one attached hydrogen (secondary N) is 2. The van der Waals surface area contributed by atoms with Gasteiger partial charge in [-0.2, -0.15) is 10.2 Å². The average Bonchev–Trinajstić information content (AvgIpc) is 2.49. The molecule has 0 aromatic carbocycles. The summed E-state index contributed by atoms with van der Waals surface area (Å²) < 4.78 is 0. The molecule has 0 amide bonds. The van der Waals surface area contributed by atoms with Gasteiger partial charge in [-0.25, -0.2) is 9.97 Å². The fourth-order valence-corrected chi connectivity index (χ4v) is 1.91. The van der Waals surface area contributed by atoms with E-state index in [2.05, 4.69) is 51.6 Å². The number of rotatable bonds is 6. The predicted octanol–water partition coefficient (Wildman–Crippen LogP) is 2.74. The van der Waals surface area contributed by atoms with Crippen molar-refractivity contribution in [1.82, 2.24) is 20.2 Å². The zero-order chi connectivity index (χ0) is 15.2. The molecule has 0 aliphatic heterocycles. The molecule has 0 radical (unpaired) electrons. The van der Waals surface area contributed by atoms with Gasteiger partial charge in [0.05, 0.1) is 12.2 Å². The maximum Gasteiger partial charge on any atom is 0.135 e. The maximum atomic E-state index is 4.62. The van der Waals surface area contributed by atoms with Crippen LogP contribution in [0.1, 0.15) is 43.8 Å². The second-order valence-corrected chi connectivity index (χ2v) is 5.16. The van der Waals surface area contributed by atoms with Gasteiger partial charge < -0.3 is 10.6 Å². The summed E-state index contributed by atoms with van der Waals surface area (Å²) >= 11 is 0. The van der Waals surface area contributed by atoms with Gasteiger partial charge in [0.15, 0.2) is 0 Å². The quantitative estimate of drug-likeness (QED) is 0.850. The topological polar surface area (TPSA) is 75.6 Å². The Labute approximate surface area is 125 Å². The van der Waals surface area contributed by atoms with E-state index in [-0.39, 0.29) is 5.92 Å². The maximum absolute atomic E-state index is 4.62. The third kappa shape index (κ3) is 3.87. The van der Waals surface area contributed by atoms with Crippen molar-refractivity contribution in [3.63, 3.8) is 0 Å². The average molecular weight is 286 g/mol. The smallest absolute Gasteiger partial charge is 0.135 e. The lowest BCUT2D eigenvalue weighted by atomic mass is 10.2. The SMILES string of the molecule is CCNc1nc(C(C)C)nc(NCc2cccnn2)c1C. The molecule has 0 fully saturated rings. The molecule has 6 heteroatoms. The van der Waals surface area contributed by atoms with Gasteiger partial charge in [-0.15, -0.1) is 0 Å². The van der Waals surface area contributed by atoms with Crippen LogP contribution in [0.3, 0.4) is 0 Å². The van der Waals surface area contributed by atoms with Crippen LogP contribution in [-0.2, 0) is 6.54 Å². The molecule has 2 aromatic heterocycles. The second kappa shape index (κ2) is 6.97. The minimum Gasteiger partial charge on any atom is -0.370 e. The fourth-order valence-electron chi connectivity index (χ4n) is 1.91. The number of anilines is 2. The lowest BCUT2D eigenvalue weighted by molar-refractivity contribution is 0.771. The molecule has 2 rings (SSSR count). The molecule has 0 bridgehead atoms. The first-order valence-electron chi connectivity index (χ1n) is 7.24. The zero-order valence-electron chi connectivity index (χ0n) is 13.0. The summed E-state index contributed by atoms with van der Waals surface area (Å²) in [6, 6.07) is 3.81. The van der Waals surface area contributed by atoms with Crippen molar-refractivity contribution in [3.8, 4) is 0 Å². The predicted molar refractivity (Wildman–Crippen MR) is 84.4 cm³/mol. The van der Waals surface area contributed by atoms with E-state index in [0.29, 0.717) is 6.54 Å². The normalized spacial score (nSPS) is 10.7. The first-order chi connectivity index (χ1) is 10.1. The van der Waals surface area contributed by atoms with E-state index in [0.717, 1.165) is 35.3 Å². The summed E-state index contributed by atoms with van der Waals surface area (Å²) in [5.41, 5.74) is 1.90. The number of hydrogen-bond donors (Lipinski definition) is 2. The summed E-state index contributed by atoms with van der Waals surface area (Å²) in [6.07, 6.45) is 1.67. The van der Waals surface area contributed by atoms with Crippen LogP contribution in [0.5, 0.6) is 0 Å². The lowest BCUT2D eigenvalue weighted by Gasteiger charge is -2.15. The molecular weight excluding hydrogens is 264 g/mol. The highest BCUT2D eigenvalue weighted by Crippen LogP contribution is 2.23. The van der Waals surface area contributed by atoms with Gasteiger partial charge in [-0.3, -0.25) is 0 Å². The summed E-state index contributed by atoms with van der Waals surface area (Å²) in [7, 11) is 0. The van der Waals surface area contributed by atoms with Crippen molar-refractivity contribution in [2.45, 2.75) is 40.2 Å². The summed E-state index contributed by atoms with van der Waals surface area (Å²) in [5, 5.41) is 14.6. The molecule has 21 heavy (non-hydrogen) atoms. The van der Waals surface area contributed by atoms with E-state index < -0.39 is 0 Å². The van der Waals surface area contributed by atoms with Crippen molar-refractivity contribution in [2.75, 3.05) is 17.2 Å². The molecule has 2 heterocycles. The third-order valence-electron chi connectivity index (χ3n) is 3.09. The van der Waals surface area contributed by atoms with E-state index >= 15 is 0 Å². The molecule has 0 spiro atoms. The Morgan fingerprint density at radius 3 is 2.43 bits per heavy atom. The van der Waals surface area contributed by atoms with Crippen LogP contribution in [-0.4, -0.2) is 26.7 Å². The van der Waals surface area contributed by atoms with Gasteiger partial charge in [-0.1, -0.05) is 13.8 Å². The van der Waals surface area contributed by atoms with E-state index in [1.165, 1.54) is 0 Å². The van der Waals surface area contributed by atoms with Crippen molar-refractivity contribution in [3.05, 3.63) is 35.4 Å². The molecule has 0 aliphatic rings. The Balaban J connectivity index is 2.24. The summed E-state index contributed by atoms with van der Waals surface area (Å²) in [6.45, 7) is 9.68. The number of nitrogens with zero attached hydrogens (tertiary/aromatic N) is 4. The van der Waals surface area contributed by atoms with Gasteiger partial charge in [0.25, 0.3) is 0 Å². The Bertz CT molecular complexity index is 582. The van der Waals surface area contributed by atoms with Crippen LogP contribution in [0.2, 0.25) is 0 Å². The van der Waals surface area contributed by atoms with E-state index in [1.807, 2.05) is 19.1 Å². The molecule has 0 unspecified atom stereocenters. The first kappa shape index (κ1) is 15.2. The monoisotopic (exact) mass is 286 g/mol. The fraction of sp³-hybridized carbons (Fsp3) is 0.467. The van der Waals surface area contributed by atoms with Crippen molar-refractivity contribution in [1.29, 1.82) is 0 Å². The molecule has 0 saturated carbocycles. The number of hydrogen-bond acceptors (Lipinski definition) is 6. The van der Waals surface area contributed by atoms with Crippen LogP contribution in [0.15, 0.2) is 18.3 Å². The Morgan fingerprint density at radius 2 is 1.86 bits per heavy atom. The first-order valence-corrected chi connectivity index (χ1v) is 7.24. The molecule has 2 aromatic rings. The molecular formula is C15H22N6. The van der Waals surface area contributed by atoms with Crippen molar-refractivity contribution in [2.24, 2.45) is 0 Å². The second-order valence-electron chi connectivity index (χ2n) is 5.16. The van der Waals surface area contributed by atoms with Crippen LogP contribution >= 0.6 is 0 Å². The van der Waals surface area contributed by atoms with Gasteiger partial charge in [0.2, 0.25) is 0 Å².